The van der Waals surface area contributed by atoms with E-state index < -0.39 is 0 Å². The minimum atomic E-state index is -0.114. The van der Waals surface area contributed by atoms with Crippen LogP contribution in [-0.4, -0.2) is 40.5 Å². The van der Waals surface area contributed by atoms with Gasteiger partial charge in [0.2, 0.25) is 11.8 Å². The van der Waals surface area contributed by atoms with Gasteiger partial charge < -0.3 is 15.2 Å². The third-order valence-electron chi connectivity index (χ3n) is 4.32. The Balaban J connectivity index is 1.62. The highest BCUT2D eigenvalue weighted by Gasteiger charge is 2.17. The molecular weight excluding hydrogens is 338 g/mol. The lowest BCUT2D eigenvalue weighted by molar-refractivity contribution is -0.119. The Morgan fingerprint density at radius 1 is 1.16 bits per heavy atom. The van der Waals surface area contributed by atoms with Crippen LogP contribution in [0.15, 0.2) is 16.9 Å². The van der Waals surface area contributed by atoms with Gasteiger partial charge in [0.25, 0.3) is 5.56 Å². The molecule has 1 heterocycles. The Bertz CT molecular complexity index is 666. The molecule has 1 saturated carbocycles. The third-order valence-corrected chi connectivity index (χ3v) is 5.26. The predicted molar refractivity (Wildman–Crippen MR) is 101 cm³/mol. The minimum absolute atomic E-state index is 0.00605. The molecule has 1 aromatic heterocycles. The molecular formula is C18H27N3O3S. The Kier molecular flexibility index (Phi) is 7.55. The second kappa shape index (κ2) is 9.65. The van der Waals surface area contributed by atoms with E-state index in [4.69, 9.17) is 0 Å². The van der Waals surface area contributed by atoms with Crippen LogP contribution < -0.4 is 16.2 Å². The van der Waals surface area contributed by atoms with Crippen molar-refractivity contribution in [3.05, 3.63) is 33.7 Å². The molecule has 1 aliphatic rings. The maximum Gasteiger partial charge on any atom is 0.251 e. The number of hydrogen-bond acceptors (Lipinski definition) is 4. The maximum absolute atomic E-state index is 11.9. The minimum Gasteiger partial charge on any atom is -0.354 e. The summed E-state index contributed by atoms with van der Waals surface area (Å²) in [5.74, 6) is 0.448. The molecule has 2 amide bonds. The monoisotopic (exact) mass is 365 g/mol. The lowest BCUT2D eigenvalue weighted by Gasteiger charge is -2.12. The first kappa shape index (κ1) is 19.6. The predicted octanol–water partition coefficient (Wildman–Crippen LogP) is 1.37. The van der Waals surface area contributed by atoms with Crippen molar-refractivity contribution in [3.63, 3.8) is 0 Å². The number of hydrogen-bond donors (Lipinski definition) is 2. The zero-order valence-electron chi connectivity index (χ0n) is 15.0. The van der Waals surface area contributed by atoms with Gasteiger partial charge in [-0.05, 0) is 38.3 Å². The quantitative estimate of drug-likeness (QED) is 0.729. The molecule has 0 saturated heterocycles. The summed E-state index contributed by atoms with van der Waals surface area (Å²) in [5.41, 5.74) is 1.77. The molecule has 138 valence electrons. The van der Waals surface area contributed by atoms with Crippen molar-refractivity contribution < 1.29 is 9.59 Å². The van der Waals surface area contributed by atoms with Gasteiger partial charge in [0.1, 0.15) is 0 Å². The number of carbonyl (C=O) groups excluding carboxylic acids is 2. The van der Waals surface area contributed by atoms with Gasteiger partial charge in [0, 0.05) is 30.9 Å². The van der Waals surface area contributed by atoms with Crippen LogP contribution in [0.2, 0.25) is 0 Å². The molecule has 1 fully saturated rings. The Morgan fingerprint density at radius 3 is 2.52 bits per heavy atom. The largest absolute Gasteiger partial charge is 0.354 e. The van der Waals surface area contributed by atoms with Gasteiger partial charge in [-0.25, -0.2) is 0 Å². The van der Waals surface area contributed by atoms with Crippen LogP contribution in [-0.2, 0) is 16.1 Å². The van der Waals surface area contributed by atoms with E-state index in [0.717, 1.165) is 24.1 Å². The average molecular weight is 365 g/mol. The number of aryl methyl sites for hydroxylation is 2. The molecule has 1 aliphatic carbocycles. The third kappa shape index (κ3) is 6.57. The number of amides is 2. The molecule has 2 rings (SSSR count). The highest BCUT2D eigenvalue weighted by atomic mass is 32.2. The Hall–Kier alpha value is -1.76. The van der Waals surface area contributed by atoms with Crippen LogP contribution in [0.3, 0.4) is 0 Å². The Labute approximate surface area is 152 Å². The number of rotatable bonds is 8. The van der Waals surface area contributed by atoms with Gasteiger partial charge in [-0.15, -0.1) is 11.8 Å². The summed E-state index contributed by atoms with van der Waals surface area (Å²) >= 11 is 1.31. The fourth-order valence-electron chi connectivity index (χ4n) is 3.12. The zero-order chi connectivity index (χ0) is 18.2. The normalized spacial score (nSPS) is 14.5. The number of nitrogens with zero attached hydrogens (tertiary/aromatic N) is 1. The zero-order valence-corrected chi connectivity index (χ0v) is 15.8. The van der Waals surface area contributed by atoms with E-state index in [-0.39, 0.29) is 23.1 Å². The van der Waals surface area contributed by atoms with Crippen LogP contribution in [0.5, 0.6) is 0 Å². The molecule has 25 heavy (non-hydrogen) atoms. The molecule has 6 nitrogen and oxygen atoms in total. The smallest absolute Gasteiger partial charge is 0.251 e. The van der Waals surface area contributed by atoms with Crippen molar-refractivity contribution in [1.29, 1.82) is 0 Å². The number of pyridine rings is 1. The molecule has 0 bridgehead atoms. The van der Waals surface area contributed by atoms with Crippen LogP contribution in [0.1, 0.15) is 36.9 Å². The number of aromatic nitrogens is 1. The summed E-state index contributed by atoms with van der Waals surface area (Å²) in [5, 5.41) is 5.80. The van der Waals surface area contributed by atoms with Gasteiger partial charge >= 0.3 is 0 Å². The molecule has 1 aromatic rings. The van der Waals surface area contributed by atoms with Gasteiger partial charge in [-0.1, -0.05) is 12.8 Å². The fraction of sp³-hybridized carbons (Fsp3) is 0.611. The molecule has 7 heteroatoms. The van der Waals surface area contributed by atoms with Crippen LogP contribution >= 0.6 is 11.8 Å². The molecule has 0 aromatic carbocycles. The summed E-state index contributed by atoms with van der Waals surface area (Å²) in [6, 6.07) is 3.85. The first-order valence-electron chi connectivity index (χ1n) is 8.77. The highest BCUT2D eigenvalue weighted by molar-refractivity contribution is 8.00. The van der Waals surface area contributed by atoms with Crippen LogP contribution in [0.4, 0.5) is 0 Å². The fourth-order valence-corrected chi connectivity index (χ4v) is 3.77. The van der Waals surface area contributed by atoms with Gasteiger partial charge in [0.05, 0.1) is 11.5 Å². The van der Waals surface area contributed by atoms with Crippen molar-refractivity contribution in [1.82, 2.24) is 15.2 Å². The average Bonchev–Trinajstić information content (AvgIpc) is 3.02. The van der Waals surface area contributed by atoms with Gasteiger partial charge in [-0.3, -0.25) is 14.4 Å². The standard InChI is InChI=1S/C18H27N3O3S/c1-13-9-14(2)21(18(24)10-13)8-7-19-16(22)11-25-12-17(23)20-15-5-3-4-6-15/h9-10,15H,3-8,11-12H2,1-2H3,(H,19,22)(H,20,23). The van der Waals surface area contributed by atoms with E-state index in [1.807, 2.05) is 19.9 Å². The summed E-state index contributed by atoms with van der Waals surface area (Å²) in [6.07, 6.45) is 4.50. The SMILES string of the molecule is Cc1cc(C)n(CCNC(=O)CSCC(=O)NC2CCCC2)c(=O)c1. The van der Waals surface area contributed by atoms with E-state index in [1.165, 1.54) is 24.6 Å². The second-order valence-corrected chi connectivity index (χ2v) is 7.54. The number of nitrogens with one attached hydrogen (secondary N) is 2. The summed E-state index contributed by atoms with van der Waals surface area (Å²) in [6.45, 7) is 4.62. The number of thioether (sulfide) groups is 1. The van der Waals surface area contributed by atoms with E-state index >= 15 is 0 Å². The second-order valence-electron chi connectivity index (χ2n) is 6.56. The summed E-state index contributed by atoms with van der Waals surface area (Å²) in [4.78, 5) is 35.5. The van der Waals surface area contributed by atoms with E-state index in [9.17, 15) is 14.4 Å². The van der Waals surface area contributed by atoms with Crippen LogP contribution in [0, 0.1) is 13.8 Å². The van der Waals surface area contributed by atoms with Gasteiger partial charge in [-0.2, -0.15) is 0 Å². The Morgan fingerprint density at radius 2 is 1.84 bits per heavy atom. The lowest BCUT2D eigenvalue weighted by Crippen LogP contribution is -2.35. The molecule has 0 atom stereocenters. The summed E-state index contributed by atoms with van der Waals surface area (Å²) in [7, 11) is 0. The highest BCUT2D eigenvalue weighted by Crippen LogP contribution is 2.17. The molecule has 0 aliphatic heterocycles. The first-order valence-corrected chi connectivity index (χ1v) is 9.93. The lowest BCUT2D eigenvalue weighted by atomic mass is 10.2. The van der Waals surface area contributed by atoms with Gasteiger partial charge in [0.15, 0.2) is 0 Å². The van der Waals surface area contributed by atoms with Crippen molar-refractivity contribution in [2.24, 2.45) is 0 Å². The van der Waals surface area contributed by atoms with E-state index in [1.54, 1.807) is 10.6 Å². The van der Waals surface area contributed by atoms with E-state index in [0.29, 0.717) is 24.9 Å². The van der Waals surface area contributed by atoms with Crippen molar-refractivity contribution in [2.45, 2.75) is 52.1 Å². The van der Waals surface area contributed by atoms with Crippen molar-refractivity contribution in [3.8, 4) is 0 Å². The van der Waals surface area contributed by atoms with Crippen LogP contribution in [0.25, 0.3) is 0 Å². The molecule has 0 radical (unpaired) electrons. The maximum atomic E-state index is 11.9. The van der Waals surface area contributed by atoms with Crippen molar-refractivity contribution in [2.75, 3.05) is 18.1 Å². The first-order chi connectivity index (χ1) is 12.0. The molecule has 0 unspecified atom stereocenters. The van der Waals surface area contributed by atoms with E-state index in [2.05, 4.69) is 10.6 Å². The molecule has 2 N–H and O–H groups in total. The molecule has 0 spiro atoms. The number of carbonyl (C=O) groups is 2. The van der Waals surface area contributed by atoms with Crippen molar-refractivity contribution >= 4 is 23.6 Å². The summed E-state index contributed by atoms with van der Waals surface area (Å²) < 4.78 is 1.65. The topological polar surface area (TPSA) is 80.2 Å².